The van der Waals surface area contributed by atoms with Gasteiger partial charge in [-0.1, -0.05) is 24.3 Å². The Hall–Kier alpha value is -4.06. The molecule has 0 saturated heterocycles. The zero-order valence-electron chi connectivity index (χ0n) is 18.9. The van der Waals surface area contributed by atoms with E-state index < -0.39 is 28.6 Å². The van der Waals surface area contributed by atoms with Crippen molar-refractivity contribution in [3.05, 3.63) is 72.2 Å². The van der Waals surface area contributed by atoms with Gasteiger partial charge in [0.25, 0.3) is 0 Å². The zero-order valence-corrected chi connectivity index (χ0v) is 19.7. The van der Waals surface area contributed by atoms with Crippen molar-refractivity contribution in [2.45, 2.75) is 24.2 Å². The van der Waals surface area contributed by atoms with E-state index in [-0.39, 0.29) is 23.9 Å². The number of ether oxygens (including phenoxy) is 1. The van der Waals surface area contributed by atoms with Crippen LogP contribution in [-0.2, 0) is 16.4 Å². The molecule has 1 unspecified atom stereocenters. The van der Waals surface area contributed by atoms with Crippen LogP contribution >= 0.6 is 0 Å². The Bertz CT molecular complexity index is 1570. The van der Waals surface area contributed by atoms with Gasteiger partial charge in [0.2, 0.25) is 0 Å². The molecule has 0 bridgehead atoms. The van der Waals surface area contributed by atoms with E-state index in [1.165, 1.54) is 23.2 Å². The van der Waals surface area contributed by atoms with Crippen molar-refractivity contribution >= 4 is 27.0 Å². The van der Waals surface area contributed by atoms with E-state index in [0.29, 0.717) is 28.0 Å². The largest absolute Gasteiger partial charge is 0.465 e. The van der Waals surface area contributed by atoms with Gasteiger partial charge in [0.15, 0.2) is 14.9 Å². The number of imidazole rings is 1. The fourth-order valence-corrected chi connectivity index (χ4v) is 4.98. The van der Waals surface area contributed by atoms with Crippen LogP contribution < -0.4 is 4.74 Å². The summed E-state index contributed by atoms with van der Waals surface area (Å²) in [5.74, 6) is 0.410. The number of aromatic nitrogens is 3. The molecule has 1 aliphatic rings. The number of para-hydroxylation sites is 1. The molecule has 1 atom stereocenters. The molecular formula is C24H20F2N4O5S. The molecule has 12 heteroatoms. The van der Waals surface area contributed by atoms with Gasteiger partial charge in [-0.3, -0.25) is 4.90 Å². The third-order valence-electron chi connectivity index (χ3n) is 6.01. The first-order valence-electron chi connectivity index (χ1n) is 10.8. The molecule has 2 aromatic carbocycles. The molecule has 0 fully saturated rings. The lowest BCUT2D eigenvalue weighted by Gasteiger charge is -2.34. The standard InChI is InChI=1S/C24H20F2N4O5S/c1-36(33,34)22-9-7-15(11-27-22)14-6-8-17-18(10-14)30-19(12-29(24(31)32)13-21(30)28-17)16-4-2-3-5-20(16)35-23(25)26/h2-11,19,23H,12-13H2,1H3,(H,31,32). The van der Waals surface area contributed by atoms with E-state index in [2.05, 4.69) is 9.97 Å². The molecule has 3 heterocycles. The van der Waals surface area contributed by atoms with Crippen LogP contribution in [0.25, 0.3) is 22.2 Å². The number of sulfone groups is 1. The number of carbonyl (C=O) groups is 1. The highest BCUT2D eigenvalue weighted by Crippen LogP contribution is 2.37. The van der Waals surface area contributed by atoms with Crippen LogP contribution in [0.4, 0.5) is 13.6 Å². The number of pyridine rings is 1. The summed E-state index contributed by atoms with van der Waals surface area (Å²) in [6.45, 7) is -3.01. The van der Waals surface area contributed by atoms with Gasteiger partial charge < -0.3 is 14.4 Å². The van der Waals surface area contributed by atoms with Gasteiger partial charge in [0.05, 0.1) is 23.6 Å². The lowest BCUT2D eigenvalue weighted by molar-refractivity contribution is -0.0508. The number of benzene rings is 2. The third-order valence-corrected chi connectivity index (χ3v) is 7.02. The Morgan fingerprint density at radius 2 is 1.89 bits per heavy atom. The second kappa shape index (κ2) is 8.86. The minimum atomic E-state index is -3.45. The maximum Gasteiger partial charge on any atom is 0.407 e. The van der Waals surface area contributed by atoms with E-state index >= 15 is 0 Å². The van der Waals surface area contributed by atoms with Crippen LogP contribution in [0.1, 0.15) is 17.4 Å². The Balaban J connectivity index is 1.66. The van der Waals surface area contributed by atoms with E-state index in [0.717, 1.165) is 11.8 Å². The molecule has 1 amide bonds. The Kier molecular flexibility index (Phi) is 5.83. The Morgan fingerprint density at radius 3 is 2.56 bits per heavy atom. The van der Waals surface area contributed by atoms with E-state index in [1.807, 2.05) is 10.6 Å². The molecule has 186 valence electrons. The second-order valence-corrected chi connectivity index (χ2v) is 10.3. The molecule has 4 aromatic rings. The summed E-state index contributed by atoms with van der Waals surface area (Å²) in [7, 11) is -3.45. The lowest BCUT2D eigenvalue weighted by atomic mass is 10.0. The van der Waals surface area contributed by atoms with Gasteiger partial charge >= 0.3 is 12.7 Å². The monoisotopic (exact) mass is 514 g/mol. The average Bonchev–Trinajstić information content (AvgIpc) is 3.21. The molecule has 0 aliphatic carbocycles. The topological polar surface area (TPSA) is 115 Å². The van der Waals surface area contributed by atoms with Crippen molar-refractivity contribution in [3.63, 3.8) is 0 Å². The van der Waals surface area contributed by atoms with Gasteiger partial charge in [-0.2, -0.15) is 8.78 Å². The summed E-state index contributed by atoms with van der Waals surface area (Å²) in [6, 6.07) is 14.1. The number of carboxylic acid groups (broad SMARTS) is 1. The number of halogens is 2. The minimum absolute atomic E-state index is 0.00619. The van der Waals surface area contributed by atoms with Crippen molar-refractivity contribution in [1.29, 1.82) is 0 Å². The lowest BCUT2D eigenvalue weighted by Crippen LogP contribution is -2.41. The molecule has 0 spiro atoms. The maximum absolute atomic E-state index is 13.1. The highest BCUT2D eigenvalue weighted by molar-refractivity contribution is 7.90. The molecule has 0 radical (unpaired) electrons. The number of fused-ring (bicyclic) bond motifs is 3. The first-order chi connectivity index (χ1) is 17.1. The maximum atomic E-state index is 13.1. The van der Waals surface area contributed by atoms with Gasteiger partial charge in [-0.15, -0.1) is 0 Å². The third kappa shape index (κ3) is 4.35. The number of alkyl halides is 2. The predicted molar refractivity (Wildman–Crippen MR) is 126 cm³/mol. The quantitative estimate of drug-likeness (QED) is 0.425. The number of amides is 1. The summed E-state index contributed by atoms with van der Waals surface area (Å²) in [4.78, 5) is 21.7. The smallest absolute Gasteiger partial charge is 0.407 e. The summed E-state index contributed by atoms with van der Waals surface area (Å²) >= 11 is 0. The van der Waals surface area contributed by atoms with Gasteiger partial charge in [-0.25, -0.2) is 23.2 Å². The minimum Gasteiger partial charge on any atom is -0.465 e. The van der Waals surface area contributed by atoms with E-state index in [4.69, 9.17) is 4.74 Å². The van der Waals surface area contributed by atoms with Crippen LogP contribution in [0.3, 0.4) is 0 Å². The van der Waals surface area contributed by atoms with Crippen molar-refractivity contribution in [2.75, 3.05) is 12.8 Å². The SMILES string of the molecule is CS(=O)(=O)c1ccc(-c2ccc3nc4n(c3c2)C(c2ccccc2OC(F)F)CN(C(=O)O)C4)cn1. The van der Waals surface area contributed by atoms with E-state index in [9.17, 15) is 27.1 Å². The summed E-state index contributed by atoms with van der Waals surface area (Å²) in [5, 5.41) is 9.64. The number of hydrogen-bond donors (Lipinski definition) is 1. The molecule has 1 N–H and O–H groups in total. The predicted octanol–water partition coefficient (Wildman–Crippen LogP) is 4.19. The van der Waals surface area contributed by atoms with E-state index in [1.54, 1.807) is 36.4 Å². The highest BCUT2D eigenvalue weighted by Gasteiger charge is 2.33. The average molecular weight is 515 g/mol. The molecule has 2 aromatic heterocycles. The number of rotatable bonds is 5. The zero-order chi connectivity index (χ0) is 25.6. The Morgan fingerprint density at radius 1 is 1.14 bits per heavy atom. The number of hydrogen-bond acceptors (Lipinski definition) is 6. The fraction of sp³-hybridized carbons (Fsp3) is 0.208. The van der Waals surface area contributed by atoms with Crippen LogP contribution in [0.2, 0.25) is 0 Å². The van der Waals surface area contributed by atoms with Gasteiger partial charge in [-0.05, 0) is 35.9 Å². The van der Waals surface area contributed by atoms with Crippen molar-refractivity contribution in [3.8, 4) is 16.9 Å². The molecule has 36 heavy (non-hydrogen) atoms. The van der Waals surface area contributed by atoms with Crippen LogP contribution in [0.5, 0.6) is 5.75 Å². The second-order valence-electron chi connectivity index (χ2n) is 8.35. The van der Waals surface area contributed by atoms with Crippen LogP contribution in [0, 0.1) is 0 Å². The first-order valence-corrected chi connectivity index (χ1v) is 12.7. The van der Waals surface area contributed by atoms with Crippen molar-refractivity contribution in [1.82, 2.24) is 19.4 Å². The van der Waals surface area contributed by atoms with Crippen LogP contribution in [-0.4, -0.2) is 58.5 Å². The normalized spacial score (nSPS) is 15.8. The highest BCUT2D eigenvalue weighted by atomic mass is 32.2. The van der Waals surface area contributed by atoms with Gasteiger partial charge in [0, 0.05) is 30.1 Å². The Labute approximate surface area is 204 Å². The fourth-order valence-electron chi connectivity index (χ4n) is 4.42. The van der Waals surface area contributed by atoms with Crippen molar-refractivity contribution in [2.24, 2.45) is 0 Å². The molecule has 0 saturated carbocycles. The molecule has 9 nitrogen and oxygen atoms in total. The molecular weight excluding hydrogens is 494 g/mol. The summed E-state index contributed by atoms with van der Waals surface area (Å²) in [5.41, 5.74) is 3.06. The van der Waals surface area contributed by atoms with Crippen molar-refractivity contribution < 1.29 is 31.8 Å². The summed E-state index contributed by atoms with van der Waals surface area (Å²) in [6.07, 6.45) is 1.39. The first kappa shape index (κ1) is 23.7. The number of nitrogens with zero attached hydrogens (tertiary/aromatic N) is 4. The van der Waals surface area contributed by atoms with Gasteiger partial charge in [0.1, 0.15) is 11.6 Å². The van der Waals surface area contributed by atoms with Crippen LogP contribution in [0.15, 0.2) is 65.8 Å². The molecule has 1 aliphatic heterocycles. The summed E-state index contributed by atoms with van der Waals surface area (Å²) < 4.78 is 56.3. The molecule has 5 rings (SSSR count).